The predicted octanol–water partition coefficient (Wildman–Crippen LogP) is 6.25. The van der Waals surface area contributed by atoms with Crippen LogP contribution in [0.25, 0.3) is 0 Å². The van der Waals surface area contributed by atoms with Gasteiger partial charge in [-0.2, -0.15) is 0 Å². The molecule has 1 amide bonds. The van der Waals surface area contributed by atoms with Gasteiger partial charge in [0.2, 0.25) is 0 Å². The van der Waals surface area contributed by atoms with E-state index in [1.165, 1.54) is 22.6 Å². The molecule has 3 aromatic rings. The molecule has 32 heavy (non-hydrogen) atoms. The highest BCUT2D eigenvalue weighted by molar-refractivity contribution is 7.16. The molecule has 2 aliphatic rings. The van der Waals surface area contributed by atoms with E-state index in [0.29, 0.717) is 16.7 Å². The van der Waals surface area contributed by atoms with Crippen LogP contribution in [0.4, 0.5) is 5.00 Å². The van der Waals surface area contributed by atoms with Crippen LogP contribution in [0.2, 0.25) is 10.0 Å². The van der Waals surface area contributed by atoms with Crippen LogP contribution in [0.5, 0.6) is 5.75 Å². The smallest absolute Gasteiger partial charge is 0.345 e. The average Bonchev–Trinajstić information content (AvgIpc) is 3.12. The fourth-order valence-corrected chi connectivity index (χ4v) is 6.10. The molecule has 164 valence electrons. The number of ether oxygens (including phenoxy) is 1. The van der Waals surface area contributed by atoms with Crippen molar-refractivity contribution in [3.05, 3.63) is 79.6 Å². The van der Waals surface area contributed by atoms with Gasteiger partial charge in [-0.05, 0) is 66.6 Å². The minimum atomic E-state index is -0.563. The van der Waals surface area contributed by atoms with Crippen LogP contribution in [0.1, 0.15) is 56.2 Å². The molecule has 8 heteroatoms. The van der Waals surface area contributed by atoms with E-state index in [2.05, 4.69) is 17.6 Å². The average molecular weight is 487 g/mol. The molecule has 0 fully saturated rings. The Morgan fingerprint density at radius 1 is 1.12 bits per heavy atom. The number of benzene rings is 2. The van der Waals surface area contributed by atoms with Crippen molar-refractivity contribution in [3.8, 4) is 5.75 Å². The molecule has 5 rings (SSSR count). The Hall–Kier alpha value is -2.54. The summed E-state index contributed by atoms with van der Waals surface area (Å²) in [7, 11) is 0. The van der Waals surface area contributed by atoms with E-state index in [9.17, 15) is 9.59 Å². The van der Waals surface area contributed by atoms with Gasteiger partial charge in [0.15, 0.2) is 0 Å². The van der Waals surface area contributed by atoms with Crippen LogP contribution in [-0.4, -0.2) is 11.9 Å². The van der Waals surface area contributed by atoms with Crippen molar-refractivity contribution < 1.29 is 14.3 Å². The van der Waals surface area contributed by atoms with Gasteiger partial charge in [0, 0.05) is 9.90 Å². The number of nitrogens with one attached hydrogen (secondary N) is 2. The molecule has 5 nitrogen and oxygen atoms in total. The molecule has 2 atom stereocenters. The topological polar surface area (TPSA) is 67.4 Å². The fraction of sp³-hybridized carbons (Fsp3) is 0.250. The van der Waals surface area contributed by atoms with Gasteiger partial charge in [-0.3, -0.25) is 4.79 Å². The number of amides is 1. The maximum Gasteiger partial charge on any atom is 0.345 e. The first-order valence-electron chi connectivity index (χ1n) is 10.4. The summed E-state index contributed by atoms with van der Waals surface area (Å²) in [4.78, 5) is 26.6. The lowest BCUT2D eigenvalue weighted by atomic mass is 9.88. The summed E-state index contributed by atoms with van der Waals surface area (Å²) in [6.45, 7) is 2.26. The molecule has 2 heterocycles. The Kier molecular flexibility index (Phi) is 5.61. The monoisotopic (exact) mass is 486 g/mol. The molecule has 0 saturated carbocycles. The molecular weight excluding hydrogens is 467 g/mol. The number of esters is 1. The van der Waals surface area contributed by atoms with Gasteiger partial charge in [0.25, 0.3) is 5.91 Å². The number of fused-ring (bicyclic) bond motifs is 3. The highest BCUT2D eigenvalue weighted by Gasteiger charge is 2.33. The van der Waals surface area contributed by atoms with Crippen LogP contribution in [0, 0.1) is 5.92 Å². The van der Waals surface area contributed by atoms with Crippen molar-refractivity contribution in [1.82, 2.24) is 5.32 Å². The van der Waals surface area contributed by atoms with Gasteiger partial charge in [0.05, 0.1) is 16.1 Å². The summed E-state index contributed by atoms with van der Waals surface area (Å²) in [5, 5.41) is 8.13. The molecule has 1 aliphatic carbocycles. The lowest BCUT2D eigenvalue weighted by Gasteiger charge is -2.27. The number of anilines is 1. The fourth-order valence-electron chi connectivity index (χ4n) is 4.18. The molecule has 1 aliphatic heterocycles. The van der Waals surface area contributed by atoms with Crippen LogP contribution in [0.15, 0.2) is 42.5 Å². The number of rotatable bonds is 3. The molecule has 0 saturated heterocycles. The number of halogens is 2. The summed E-state index contributed by atoms with van der Waals surface area (Å²) < 4.78 is 5.43. The van der Waals surface area contributed by atoms with Gasteiger partial charge in [0.1, 0.15) is 16.9 Å². The van der Waals surface area contributed by atoms with Crippen LogP contribution in [0.3, 0.4) is 0 Å². The summed E-state index contributed by atoms with van der Waals surface area (Å²) >= 11 is 13.7. The number of carbonyl (C=O) groups excluding carboxylic acids is 2. The van der Waals surface area contributed by atoms with Gasteiger partial charge in [-0.25, -0.2) is 4.79 Å². The summed E-state index contributed by atoms with van der Waals surface area (Å²) in [6.07, 6.45) is 2.77. The van der Waals surface area contributed by atoms with Gasteiger partial charge in [-0.1, -0.05) is 42.3 Å². The molecule has 2 N–H and O–H groups in total. The first-order chi connectivity index (χ1) is 15.4. The third kappa shape index (κ3) is 3.98. The molecule has 2 aromatic carbocycles. The number of hydrogen-bond donors (Lipinski definition) is 2. The minimum absolute atomic E-state index is 0.0383. The standard InChI is InChI=1S/C24H20Cl2N2O3S/c1-12-2-8-17-19(10-12)32-23-20(17)22(29)27-21(28-23)13-3-6-15(7-4-13)31-24(30)16-9-5-14(25)11-18(16)26/h3-7,9,11-12,21,28H,2,8,10H2,1H3,(H,27,29)/t12-,21-/m0/s1. The van der Waals surface area contributed by atoms with E-state index >= 15 is 0 Å². The van der Waals surface area contributed by atoms with Gasteiger partial charge < -0.3 is 15.4 Å². The number of hydrogen-bond acceptors (Lipinski definition) is 5. The zero-order chi connectivity index (χ0) is 22.4. The first-order valence-corrected chi connectivity index (χ1v) is 12.0. The van der Waals surface area contributed by atoms with Crippen molar-refractivity contribution in [2.45, 2.75) is 32.4 Å². The van der Waals surface area contributed by atoms with Crippen LogP contribution < -0.4 is 15.4 Å². The predicted molar refractivity (Wildman–Crippen MR) is 127 cm³/mol. The first kappa shape index (κ1) is 21.3. The highest BCUT2D eigenvalue weighted by atomic mass is 35.5. The summed E-state index contributed by atoms with van der Waals surface area (Å²) in [5.41, 5.74) is 3.12. The van der Waals surface area contributed by atoms with Crippen LogP contribution in [-0.2, 0) is 12.8 Å². The Bertz CT molecular complexity index is 1220. The van der Waals surface area contributed by atoms with E-state index in [0.717, 1.165) is 35.4 Å². The lowest BCUT2D eigenvalue weighted by Crippen LogP contribution is -2.38. The lowest BCUT2D eigenvalue weighted by molar-refractivity contribution is 0.0734. The second-order valence-corrected chi connectivity index (χ2v) is 10.1. The molecule has 0 bridgehead atoms. The third-order valence-electron chi connectivity index (χ3n) is 5.86. The van der Waals surface area contributed by atoms with Crippen molar-refractivity contribution >= 4 is 51.4 Å². The zero-order valence-corrected chi connectivity index (χ0v) is 19.5. The Morgan fingerprint density at radius 2 is 1.91 bits per heavy atom. The second kappa shape index (κ2) is 8.43. The SMILES string of the molecule is C[C@H]1CCc2c(sc3c2C(=O)N[C@H](c2ccc(OC(=O)c4ccc(Cl)cc4Cl)cc2)N3)C1. The summed E-state index contributed by atoms with van der Waals surface area (Å²) in [6, 6.07) is 11.7. The van der Waals surface area contributed by atoms with E-state index in [4.69, 9.17) is 27.9 Å². The van der Waals surface area contributed by atoms with E-state index in [1.807, 2.05) is 12.1 Å². The zero-order valence-electron chi connectivity index (χ0n) is 17.2. The molecule has 1 aromatic heterocycles. The van der Waals surface area contributed by atoms with Crippen LogP contribution >= 0.6 is 34.5 Å². The Balaban J connectivity index is 1.32. The molecular formula is C24H20Cl2N2O3S. The van der Waals surface area contributed by atoms with Crippen molar-refractivity contribution in [2.24, 2.45) is 5.92 Å². The Morgan fingerprint density at radius 3 is 2.66 bits per heavy atom. The maximum atomic E-state index is 12.9. The number of thiophene rings is 1. The van der Waals surface area contributed by atoms with E-state index in [-0.39, 0.29) is 22.7 Å². The van der Waals surface area contributed by atoms with Crippen molar-refractivity contribution in [1.29, 1.82) is 0 Å². The van der Waals surface area contributed by atoms with Crippen molar-refractivity contribution in [2.75, 3.05) is 5.32 Å². The van der Waals surface area contributed by atoms with Gasteiger partial charge >= 0.3 is 5.97 Å². The highest BCUT2D eigenvalue weighted by Crippen LogP contribution is 2.42. The van der Waals surface area contributed by atoms with E-state index < -0.39 is 5.97 Å². The molecule has 0 spiro atoms. The van der Waals surface area contributed by atoms with Crippen molar-refractivity contribution in [3.63, 3.8) is 0 Å². The number of carbonyl (C=O) groups is 2. The minimum Gasteiger partial charge on any atom is -0.423 e. The second-order valence-electron chi connectivity index (χ2n) is 8.19. The maximum absolute atomic E-state index is 12.9. The van der Waals surface area contributed by atoms with E-state index in [1.54, 1.807) is 29.5 Å². The molecule has 0 radical (unpaired) electrons. The normalized spacial score (nSPS) is 19.4. The molecule has 0 unspecified atom stereocenters. The third-order valence-corrected chi connectivity index (χ3v) is 7.60. The quantitative estimate of drug-likeness (QED) is 0.339. The Labute approximate surface area is 199 Å². The summed E-state index contributed by atoms with van der Waals surface area (Å²) in [5.74, 6) is 0.433. The van der Waals surface area contributed by atoms with Gasteiger partial charge in [-0.15, -0.1) is 11.3 Å². The largest absolute Gasteiger partial charge is 0.423 e.